The van der Waals surface area contributed by atoms with Crippen LogP contribution in [0.25, 0.3) is 0 Å². The van der Waals surface area contributed by atoms with E-state index in [-0.39, 0.29) is 12.6 Å². The maximum atomic E-state index is 12.2. The van der Waals surface area contributed by atoms with E-state index in [2.05, 4.69) is 11.4 Å². The number of aryl methyl sites for hydroxylation is 2. The molecule has 0 radical (unpaired) electrons. The highest BCUT2D eigenvalue weighted by Crippen LogP contribution is 2.21. The first-order chi connectivity index (χ1) is 9.23. The molecular weight excluding hydrogens is 265 g/mol. The van der Waals surface area contributed by atoms with Crippen molar-refractivity contribution in [3.63, 3.8) is 0 Å². The van der Waals surface area contributed by atoms with Gasteiger partial charge in [0.1, 0.15) is 0 Å². The number of hydrogen-bond donors (Lipinski definition) is 1. The van der Waals surface area contributed by atoms with Gasteiger partial charge in [0.25, 0.3) is 0 Å². The van der Waals surface area contributed by atoms with Crippen LogP contribution in [0.4, 0.5) is 13.2 Å². The van der Waals surface area contributed by atoms with Gasteiger partial charge in [0.05, 0.1) is 6.42 Å². The number of likely N-dealkylation sites (N-methyl/N-ethyl adjacent to an activating group) is 2. The molecule has 5 heteroatoms. The van der Waals surface area contributed by atoms with E-state index in [9.17, 15) is 13.2 Å². The lowest BCUT2D eigenvalue weighted by Gasteiger charge is -2.25. The molecule has 1 aromatic carbocycles. The molecule has 0 amide bonds. The Balaban J connectivity index is 2.64. The molecule has 0 saturated carbocycles. The number of hydrogen-bond acceptors (Lipinski definition) is 2. The molecular formula is C15H23F3N2. The van der Waals surface area contributed by atoms with Crippen LogP contribution < -0.4 is 5.32 Å². The van der Waals surface area contributed by atoms with Gasteiger partial charge in [0.15, 0.2) is 0 Å². The van der Waals surface area contributed by atoms with Crippen LogP contribution in [0.2, 0.25) is 0 Å². The fourth-order valence-electron chi connectivity index (χ4n) is 2.07. The second-order valence-corrected chi connectivity index (χ2v) is 5.31. The van der Waals surface area contributed by atoms with Gasteiger partial charge in [0.2, 0.25) is 0 Å². The lowest BCUT2D eigenvalue weighted by Crippen LogP contribution is -2.33. The lowest BCUT2D eigenvalue weighted by atomic mass is 10.0. The van der Waals surface area contributed by atoms with Crippen molar-refractivity contribution in [2.24, 2.45) is 0 Å². The molecule has 0 aliphatic rings. The normalized spacial score (nSPS) is 13.8. The minimum Gasteiger partial charge on any atom is -0.312 e. The largest absolute Gasteiger partial charge is 0.390 e. The van der Waals surface area contributed by atoms with Gasteiger partial charge >= 0.3 is 6.18 Å². The molecule has 1 aromatic rings. The average molecular weight is 288 g/mol. The number of alkyl halides is 3. The van der Waals surface area contributed by atoms with E-state index >= 15 is 0 Å². The topological polar surface area (TPSA) is 15.3 Å². The summed E-state index contributed by atoms with van der Waals surface area (Å²) in [6.45, 7) is 4.66. The lowest BCUT2D eigenvalue weighted by molar-refractivity contribution is -0.137. The molecule has 114 valence electrons. The van der Waals surface area contributed by atoms with Crippen LogP contribution in [0.15, 0.2) is 18.2 Å². The van der Waals surface area contributed by atoms with E-state index in [1.807, 2.05) is 33.0 Å². The van der Waals surface area contributed by atoms with Crippen LogP contribution in [0, 0.1) is 13.8 Å². The van der Waals surface area contributed by atoms with Gasteiger partial charge in [-0.25, -0.2) is 0 Å². The van der Waals surface area contributed by atoms with Gasteiger partial charge in [-0.3, -0.25) is 0 Å². The first-order valence-corrected chi connectivity index (χ1v) is 6.72. The maximum Gasteiger partial charge on any atom is 0.390 e. The summed E-state index contributed by atoms with van der Waals surface area (Å²) in [6, 6.07) is 6.20. The van der Waals surface area contributed by atoms with Crippen LogP contribution in [-0.2, 0) is 0 Å². The molecule has 2 nitrogen and oxygen atoms in total. The van der Waals surface area contributed by atoms with E-state index in [1.165, 1.54) is 11.1 Å². The van der Waals surface area contributed by atoms with Crippen LogP contribution in [0.5, 0.6) is 0 Å². The molecule has 0 bridgehead atoms. The summed E-state index contributed by atoms with van der Waals surface area (Å²) in [5.41, 5.74) is 3.52. The zero-order chi connectivity index (χ0) is 15.3. The van der Waals surface area contributed by atoms with Gasteiger partial charge in [-0.2, -0.15) is 13.2 Å². The Morgan fingerprint density at radius 3 is 2.35 bits per heavy atom. The van der Waals surface area contributed by atoms with Crippen LogP contribution in [0.3, 0.4) is 0 Å². The van der Waals surface area contributed by atoms with E-state index in [1.54, 1.807) is 11.9 Å². The fraction of sp³-hybridized carbons (Fsp3) is 0.600. The quantitative estimate of drug-likeness (QED) is 0.862. The Labute approximate surface area is 119 Å². The molecule has 1 N–H and O–H groups in total. The van der Waals surface area contributed by atoms with Gasteiger partial charge in [-0.05, 0) is 44.6 Å². The minimum atomic E-state index is -4.09. The molecule has 0 fully saturated rings. The highest BCUT2D eigenvalue weighted by Gasteiger charge is 2.27. The molecule has 0 saturated heterocycles. The summed E-state index contributed by atoms with van der Waals surface area (Å²) in [7, 11) is 3.55. The molecule has 20 heavy (non-hydrogen) atoms. The number of nitrogens with zero attached hydrogens (tertiary/aromatic N) is 1. The number of rotatable bonds is 6. The summed E-state index contributed by atoms with van der Waals surface area (Å²) in [6.07, 6.45) is -4.86. The highest BCUT2D eigenvalue weighted by atomic mass is 19.4. The summed E-state index contributed by atoms with van der Waals surface area (Å²) in [4.78, 5) is 1.71. The Morgan fingerprint density at radius 1 is 1.20 bits per heavy atom. The van der Waals surface area contributed by atoms with Crippen molar-refractivity contribution in [3.05, 3.63) is 34.9 Å². The van der Waals surface area contributed by atoms with Gasteiger partial charge < -0.3 is 10.2 Å². The Morgan fingerprint density at radius 2 is 1.85 bits per heavy atom. The Kier molecular flexibility index (Phi) is 6.02. The molecule has 0 aliphatic heterocycles. The van der Waals surface area contributed by atoms with Crippen molar-refractivity contribution in [1.29, 1.82) is 0 Å². The van der Waals surface area contributed by atoms with E-state index in [0.717, 1.165) is 5.56 Å². The molecule has 0 heterocycles. The van der Waals surface area contributed by atoms with E-state index in [0.29, 0.717) is 6.54 Å². The molecule has 0 aliphatic carbocycles. The second kappa shape index (κ2) is 7.09. The van der Waals surface area contributed by atoms with Crippen molar-refractivity contribution in [2.45, 2.75) is 32.5 Å². The smallest absolute Gasteiger partial charge is 0.312 e. The number of benzene rings is 1. The summed E-state index contributed by atoms with van der Waals surface area (Å²) in [5, 5.41) is 3.17. The van der Waals surface area contributed by atoms with Crippen LogP contribution in [-0.4, -0.2) is 38.3 Å². The molecule has 1 rings (SSSR count). The molecule has 0 spiro atoms. The number of halogens is 3. The predicted molar refractivity (Wildman–Crippen MR) is 75.9 cm³/mol. The van der Waals surface area contributed by atoms with E-state index in [4.69, 9.17) is 0 Å². The highest BCUT2D eigenvalue weighted by molar-refractivity contribution is 5.31. The molecule has 1 unspecified atom stereocenters. The fourth-order valence-corrected chi connectivity index (χ4v) is 2.07. The number of nitrogens with one attached hydrogen (secondary N) is 1. The predicted octanol–water partition coefficient (Wildman–Crippen LogP) is 3.45. The van der Waals surface area contributed by atoms with Crippen molar-refractivity contribution in [2.75, 3.05) is 27.2 Å². The van der Waals surface area contributed by atoms with Gasteiger partial charge in [0, 0.05) is 19.1 Å². The molecule has 0 aromatic heterocycles. The Hall–Kier alpha value is -1.07. The first-order valence-electron chi connectivity index (χ1n) is 6.72. The monoisotopic (exact) mass is 288 g/mol. The maximum absolute atomic E-state index is 12.2. The summed E-state index contributed by atoms with van der Waals surface area (Å²) in [5.74, 6) is 0. The van der Waals surface area contributed by atoms with Crippen molar-refractivity contribution < 1.29 is 13.2 Å². The third kappa shape index (κ3) is 5.51. The van der Waals surface area contributed by atoms with Crippen LogP contribution in [0.1, 0.15) is 29.2 Å². The zero-order valence-electron chi connectivity index (χ0n) is 12.5. The van der Waals surface area contributed by atoms with E-state index < -0.39 is 12.6 Å². The van der Waals surface area contributed by atoms with Crippen LogP contribution >= 0.6 is 0 Å². The van der Waals surface area contributed by atoms with Crippen molar-refractivity contribution >= 4 is 0 Å². The first kappa shape index (κ1) is 17.0. The van der Waals surface area contributed by atoms with Crippen molar-refractivity contribution in [3.8, 4) is 0 Å². The second-order valence-electron chi connectivity index (χ2n) is 5.31. The summed E-state index contributed by atoms with van der Waals surface area (Å²) >= 11 is 0. The van der Waals surface area contributed by atoms with Gasteiger partial charge in [-0.15, -0.1) is 0 Å². The zero-order valence-corrected chi connectivity index (χ0v) is 12.5. The third-order valence-electron chi connectivity index (χ3n) is 3.55. The SMILES string of the molecule is CNC(CN(C)CCC(F)(F)F)c1ccc(C)c(C)c1. The van der Waals surface area contributed by atoms with Gasteiger partial charge in [-0.1, -0.05) is 18.2 Å². The summed E-state index contributed by atoms with van der Waals surface area (Å²) < 4.78 is 36.6. The third-order valence-corrected chi connectivity index (χ3v) is 3.55. The average Bonchev–Trinajstić information content (AvgIpc) is 2.36. The standard InChI is InChI=1S/C15H23F3N2/c1-11-5-6-13(9-12(11)2)14(19-3)10-20(4)8-7-15(16,17)18/h5-6,9,14,19H,7-8,10H2,1-4H3. The molecule has 1 atom stereocenters. The minimum absolute atomic E-state index is 0.0204. The Bertz CT molecular complexity index is 430. The van der Waals surface area contributed by atoms with Crippen molar-refractivity contribution in [1.82, 2.24) is 10.2 Å².